The molecule has 1 aromatic carbocycles. The molecule has 1 unspecified atom stereocenters. The number of nitrogens with zero attached hydrogens (tertiary/aromatic N) is 1. The summed E-state index contributed by atoms with van der Waals surface area (Å²) >= 11 is 6.04. The van der Waals surface area contributed by atoms with Crippen LogP contribution in [0.15, 0.2) is 42.7 Å². The molecule has 4 heteroatoms. The molecule has 0 saturated carbocycles. The van der Waals surface area contributed by atoms with Crippen LogP contribution in [0.4, 0.5) is 4.39 Å². The summed E-state index contributed by atoms with van der Waals surface area (Å²) in [4.78, 5) is 4.15. The van der Waals surface area contributed by atoms with Crippen LogP contribution < -0.4 is 5.32 Å². The highest BCUT2D eigenvalue weighted by Crippen LogP contribution is 2.25. The van der Waals surface area contributed by atoms with Crippen LogP contribution in [0.25, 0.3) is 0 Å². The summed E-state index contributed by atoms with van der Waals surface area (Å²) in [5, 5.41) is 3.67. The Morgan fingerprint density at radius 1 is 1.30 bits per heavy atom. The standard InChI is InChI=1S/C16H18ClFN2/c1-2-8-20-15(13-6-4-9-19-11-13)10-12-5-3-7-14(18)16(12)17/h3-7,9,11,15,20H,2,8,10H2,1H3. The molecule has 106 valence electrons. The minimum atomic E-state index is -0.371. The van der Waals surface area contributed by atoms with E-state index in [0.29, 0.717) is 6.42 Å². The molecule has 0 amide bonds. The van der Waals surface area contributed by atoms with Crippen LogP contribution in [-0.2, 0) is 6.42 Å². The molecule has 2 nitrogen and oxygen atoms in total. The third-order valence-electron chi connectivity index (χ3n) is 3.18. The maximum Gasteiger partial charge on any atom is 0.142 e. The third kappa shape index (κ3) is 3.78. The fraction of sp³-hybridized carbons (Fsp3) is 0.312. The van der Waals surface area contributed by atoms with Crippen molar-refractivity contribution in [1.82, 2.24) is 10.3 Å². The summed E-state index contributed by atoms with van der Waals surface area (Å²) in [5.41, 5.74) is 1.89. The Morgan fingerprint density at radius 2 is 2.15 bits per heavy atom. The van der Waals surface area contributed by atoms with Crippen molar-refractivity contribution in [2.45, 2.75) is 25.8 Å². The number of rotatable bonds is 6. The van der Waals surface area contributed by atoms with E-state index in [4.69, 9.17) is 11.6 Å². The molecule has 0 saturated heterocycles. The molecular formula is C16H18ClFN2. The normalized spacial score (nSPS) is 12.3. The highest BCUT2D eigenvalue weighted by Gasteiger charge is 2.15. The molecule has 1 aromatic heterocycles. The number of aromatic nitrogens is 1. The second kappa shape index (κ2) is 7.36. The number of halogens is 2. The van der Waals surface area contributed by atoms with Gasteiger partial charge in [0.1, 0.15) is 5.82 Å². The fourth-order valence-electron chi connectivity index (χ4n) is 2.13. The highest BCUT2D eigenvalue weighted by atomic mass is 35.5. The van der Waals surface area contributed by atoms with E-state index in [1.807, 2.05) is 24.4 Å². The summed E-state index contributed by atoms with van der Waals surface area (Å²) in [5.74, 6) is -0.371. The summed E-state index contributed by atoms with van der Waals surface area (Å²) in [6.07, 6.45) is 5.26. The lowest BCUT2D eigenvalue weighted by Crippen LogP contribution is -2.24. The predicted octanol–water partition coefficient (Wildman–Crippen LogP) is 4.16. The molecule has 1 atom stereocenters. The van der Waals surface area contributed by atoms with E-state index in [-0.39, 0.29) is 16.9 Å². The molecule has 0 bridgehead atoms. The van der Waals surface area contributed by atoms with Gasteiger partial charge in [-0.2, -0.15) is 0 Å². The minimum Gasteiger partial charge on any atom is -0.310 e. The van der Waals surface area contributed by atoms with Gasteiger partial charge in [-0.1, -0.05) is 36.7 Å². The highest BCUT2D eigenvalue weighted by molar-refractivity contribution is 6.31. The molecule has 0 spiro atoms. The Bertz CT molecular complexity index is 545. The topological polar surface area (TPSA) is 24.9 Å². The molecule has 20 heavy (non-hydrogen) atoms. The first-order valence-corrected chi connectivity index (χ1v) is 7.16. The van der Waals surface area contributed by atoms with Crippen LogP contribution in [0.1, 0.15) is 30.5 Å². The number of nitrogens with one attached hydrogen (secondary N) is 1. The smallest absolute Gasteiger partial charge is 0.142 e. The predicted molar refractivity (Wildman–Crippen MR) is 80.4 cm³/mol. The van der Waals surface area contributed by atoms with Crippen LogP contribution in [0.5, 0.6) is 0 Å². The summed E-state index contributed by atoms with van der Waals surface area (Å²) in [7, 11) is 0. The first kappa shape index (κ1) is 14.9. The van der Waals surface area contributed by atoms with Gasteiger partial charge in [0, 0.05) is 18.4 Å². The maximum absolute atomic E-state index is 13.5. The van der Waals surface area contributed by atoms with Gasteiger partial charge in [-0.25, -0.2) is 4.39 Å². The quantitative estimate of drug-likeness (QED) is 0.865. The van der Waals surface area contributed by atoms with Crippen LogP contribution >= 0.6 is 11.6 Å². The Morgan fingerprint density at radius 3 is 2.85 bits per heavy atom. The van der Waals surface area contributed by atoms with Gasteiger partial charge in [0.2, 0.25) is 0 Å². The number of hydrogen-bond acceptors (Lipinski definition) is 2. The van der Waals surface area contributed by atoms with E-state index in [1.54, 1.807) is 12.3 Å². The van der Waals surface area contributed by atoms with Gasteiger partial charge in [-0.05, 0) is 42.6 Å². The van der Waals surface area contributed by atoms with E-state index >= 15 is 0 Å². The molecule has 1 N–H and O–H groups in total. The largest absolute Gasteiger partial charge is 0.310 e. The Balaban J connectivity index is 2.21. The molecule has 2 aromatic rings. The molecule has 0 radical (unpaired) electrons. The summed E-state index contributed by atoms with van der Waals surface area (Å²) in [6.45, 7) is 3.01. The zero-order valence-corrected chi connectivity index (χ0v) is 12.2. The van der Waals surface area contributed by atoms with Crippen LogP contribution in [0, 0.1) is 5.82 Å². The molecule has 0 aliphatic heterocycles. The Kier molecular flexibility index (Phi) is 5.50. The van der Waals surface area contributed by atoms with Crippen LogP contribution in [-0.4, -0.2) is 11.5 Å². The average Bonchev–Trinajstić information content (AvgIpc) is 2.48. The lowest BCUT2D eigenvalue weighted by molar-refractivity contribution is 0.526. The minimum absolute atomic E-state index is 0.0861. The van der Waals surface area contributed by atoms with Crippen molar-refractivity contribution in [2.75, 3.05) is 6.54 Å². The van der Waals surface area contributed by atoms with Gasteiger partial charge in [0.25, 0.3) is 0 Å². The molecule has 1 heterocycles. The average molecular weight is 293 g/mol. The van der Waals surface area contributed by atoms with Crippen LogP contribution in [0.2, 0.25) is 5.02 Å². The second-order valence-corrected chi connectivity index (χ2v) is 5.09. The van der Waals surface area contributed by atoms with Crippen molar-refractivity contribution in [1.29, 1.82) is 0 Å². The third-order valence-corrected chi connectivity index (χ3v) is 3.61. The van der Waals surface area contributed by atoms with E-state index in [0.717, 1.165) is 24.1 Å². The van der Waals surface area contributed by atoms with Gasteiger partial charge in [-0.15, -0.1) is 0 Å². The van der Waals surface area contributed by atoms with E-state index in [9.17, 15) is 4.39 Å². The Hall–Kier alpha value is -1.45. The van der Waals surface area contributed by atoms with Crippen molar-refractivity contribution in [3.05, 3.63) is 64.7 Å². The van der Waals surface area contributed by atoms with Crippen molar-refractivity contribution >= 4 is 11.6 Å². The number of hydrogen-bond donors (Lipinski definition) is 1. The lowest BCUT2D eigenvalue weighted by atomic mass is 10.00. The van der Waals surface area contributed by atoms with Crippen molar-refractivity contribution < 1.29 is 4.39 Å². The maximum atomic E-state index is 13.5. The monoisotopic (exact) mass is 292 g/mol. The van der Waals surface area contributed by atoms with Gasteiger partial charge in [-0.3, -0.25) is 4.98 Å². The van der Waals surface area contributed by atoms with E-state index in [2.05, 4.69) is 17.2 Å². The van der Waals surface area contributed by atoms with Crippen molar-refractivity contribution in [3.8, 4) is 0 Å². The first-order chi connectivity index (χ1) is 9.72. The first-order valence-electron chi connectivity index (χ1n) is 6.78. The van der Waals surface area contributed by atoms with Crippen LogP contribution in [0.3, 0.4) is 0 Å². The van der Waals surface area contributed by atoms with Gasteiger partial charge < -0.3 is 5.32 Å². The second-order valence-electron chi connectivity index (χ2n) is 4.71. The summed E-state index contributed by atoms with van der Waals surface area (Å²) in [6, 6.07) is 8.95. The SMILES string of the molecule is CCCNC(Cc1cccc(F)c1Cl)c1cccnc1. The van der Waals surface area contributed by atoms with Gasteiger partial charge in [0.15, 0.2) is 0 Å². The molecule has 0 aliphatic rings. The zero-order valence-electron chi connectivity index (χ0n) is 11.4. The molecule has 0 fully saturated rings. The fourth-order valence-corrected chi connectivity index (χ4v) is 2.34. The molecular weight excluding hydrogens is 275 g/mol. The zero-order chi connectivity index (χ0) is 14.4. The van der Waals surface area contributed by atoms with Gasteiger partial charge >= 0.3 is 0 Å². The van der Waals surface area contributed by atoms with E-state index in [1.165, 1.54) is 6.07 Å². The van der Waals surface area contributed by atoms with E-state index < -0.39 is 0 Å². The number of pyridine rings is 1. The Labute approximate surface area is 124 Å². The lowest BCUT2D eigenvalue weighted by Gasteiger charge is -2.19. The molecule has 2 rings (SSSR count). The number of benzene rings is 1. The van der Waals surface area contributed by atoms with Gasteiger partial charge in [0.05, 0.1) is 5.02 Å². The van der Waals surface area contributed by atoms with Crippen molar-refractivity contribution in [3.63, 3.8) is 0 Å². The van der Waals surface area contributed by atoms with Crippen molar-refractivity contribution in [2.24, 2.45) is 0 Å². The molecule has 0 aliphatic carbocycles. The summed E-state index contributed by atoms with van der Waals surface area (Å²) < 4.78 is 13.5.